The van der Waals surface area contributed by atoms with Crippen LogP contribution < -0.4 is 11.2 Å². The second kappa shape index (κ2) is 6.46. The Bertz CT molecular complexity index is 1070. The van der Waals surface area contributed by atoms with Gasteiger partial charge in [-0.25, -0.2) is 18.6 Å². The topological polar surface area (TPSA) is 72.7 Å². The minimum Gasteiger partial charge on any atom is -0.333 e. The average molecular weight is 346 g/mol. The molecule has 2 heterocycles. The molecule has 3 aromatic rings. The molecule has 25 heavy (non-hydrogen) atoms. The number of imidazole rings is 1. The summed E-state index contributed by atoms with van der Waals surface area (Å²) < 4.78 is 29.0. The number of H-pyrrole nitrogens is 1. The van der Waals surface area contributed by atoms with Crippen LogP contribution in [0.3, 0.4) is 0 Å². The van der Waals surface area contributed by atoms with E-state index >= 15 is 0 Å². The Morgan fingerprint density at radius 2 is 1.68 bits per heavy atom. The van der Waals surface area contributed by atoms with Crippen molar-refractivity contribution in [2.75, 3.05) is 0 Å². The van der Waals surface area contributed by atoms with Crippen LogP contribution in [-0.4, -0.2) is 19.1 Å². The highest BCUT2D eigenvalue weighted by Gasteiger charge is 2.14. The van der Waals surface area contributed by atoms with Crippen molar-refractivity contribution in [2.45, 2.75) is 26.9 Å². The number of halogens is 2. The van der Waals surface area contributed by atoms with Crippen molar-refractivity contribution in [3.63, 3.8) is 0 Å². The fraction of sp³-hybridized carbons (Fsp3) is 0.235. The van der Waals surface area contributed by atoms with Crippen molar-refractivity contribution < 1.29 is 8.78 Å². The number of hydrogen-bond donors (Lipinski definition) is 1. The summed E-state index contributed by atoms with van der Waals surface area (Å²) in [6.07, 6.45) is 2.96. The Hall–Kier alpha value is -3.03. The van der Waals surface area contributed by atoms with Gasteiger partial charge in [-0.2, -0.15) is 0 Å². The summed E-state index contributed by atoms with van der Waals surface area (Å²) in [7, 11) is 0. The van der Waals surface area contributed by atoms with Gasteiger partial charge in [-0.05, 0) is 37.6 Å². The molecule has 0 bridgehead atoms. The number of rotatable bonds is 4. The van der Waals surface area contributed by atoms with Gasteiger partial charge in [0.15, 0.2) is 5.65 Å². The maximum Gasteiger partial charge on any atom is 0.332 e. The lowest BCUT2D eigenvalue weighted by molar-refractivity contribution is 0.583. The van der Waals surface area contributed by atoms with Gasteiger partial charge >= 0.3 is 5.69 Å². The van der Waals surface area contributed by atoms with E-state index in [0.717, 1.165) is 10.6 Å². The molecule has 2 aromatic heterocycles. The second-order valence-corrected chi connectivity index (χ2v) is 5.43. The molecule has 0 aliphatic carbocycles. The first-order chi connectivity index (χ1) is 11.9. The monoisotopic (exact) mass is 346 g/mol. The zero-order valence-corrected chi connectivity index (χ0v) is 13.7. The number of aromatic nitrogens is 4. The lowest BCUT2D eigenvalue weighted by Gasteiger charge is -2.06. The largest absolute Gasteiger partial charge is 0.333 e. The first-order valence-electron chi connectivity index (χ1n) is 7.82. The van der Waals surface area contributed by atoms with Crippen LogP contribution >= 0.6 is 0 Å². The number of hydrogen-bond acceptors (Lipinski definition) is 3. The van der Waals surface area contributed by atoms with Crippen LogP contribution in [0.2, 0.25) is 0 Å². The molecular weight excluding hydrogens is 330 g/mol. The van der Waals surface area contributed by atoms with E-state index in [4.69, 9.17) is 0 Å². The molecule has 0 unspecified atom stereocenters. The van der Waals surface area contributed by atoms with E-state index in [-0.39, 0.29) is 17.7 Å². The molecule has 0 saturated carbocycles. The Morgan fingerprint density at radius 1 is 1.04 bits per heavy atom. The van der Waals surface area contributed by atoms with Gasteiger partial charge in [0, 0.05) is 19.2 Å². The molecule has 1 aromatic carbocycles. The van der Waals surface area contributed by atoms with E-state index in [2.05, 4.69) is 9.97 Å². The van der Waals surface area contributed by atoms with Gasteiger partial charge in [0.05, 0.1) is 0 Å². The van der Waals surface area contributed by atoms with Crippen molar-refractivity contribution in [1.29, 1.82) is 0 Å². The molecule has 0 amide bonds. The van der Waals surface area contributed by atoms with Gasteiger partial charge in [-0.15, -0.1) is 0 Å². The quantitative estimate of drug-likeness (QED) is 0.788. The highest BCUT2D eigenvalue weighted by atomic mass is 19.1. The highest BCUT2D eigenvalue weighted by Crippen LogP contribution is 2.12. The number of benzene rings is 1. The summed E-state index contributed by atoms with van der Waals surface area (Å²) in [5.74, 6) is -1.06. The number of aromatic amines is 1. The standard InChI is InChI=1S/C17H16F2N4O2/c1-3-22-15-14(16(24)23(4-2)17(22)25)20-13(21-15)6-5-10-7-11(18)9-12(19)8-10/h5-9H,3-4H2,1-2H3,(H,20,21)/b6-5+. The van der Waals surface area contributed by atoms with Crippen molar-refractivity contribution in [2.24, 2.45) is 0 Å². The third-order valence-electron chi connectivity index (χ3n) is 3.83. The number of nitrogens with one attached hydrogen (secondary N) is 1. The predicted octanol–water partition coefficient (Wildman–Crippen LogP) is 2.37. The number of nitrogens with zero attached hydrogens (tertiary/aromatic N) is 3. The predicted molar refractivity (Wildman–Crippen MR) is 91.2 cm³/mol. The molecule has 0 radical (unpaired) electrons. The molecule has 0 aliphatic rings. The third kappa shape index (κ3) is 3.02. The molecule has 0 saturated heterocycles. The summed E-state index contributed by atoms with van der Waals surface area (Å²) in [6.45, 7) is 4.11. The van der Waals surface area contributed by atoms with Gasteiger partial charge in [-0.3, -0.25) is 13.9 Å². The normalized spacial score (nSPS) is 11.7. The third-order valence-corrected chi connectivity index (χ3v) is 3.83. The SMILES string of the molecule is CCn1c(=O)c2[nH]c(/C=C/c3cc(F)cc(F)c3)nc2n(CC)c1=O. The molecule has 0 fully saturated rings. The fourth-order valence-corrected chi connectivity index (χ4v) is 2.67. The van der Waals surface area contributed by atoms with Crippen molar-refractivity contribution in [1.82, 2.24) is 19.1 Å². The van der Waals surface area contributed by atoms with Gasteiger partial charge in [0.2, 0.25) is 0 Å². The molecule has 130 valence electrons. The molecule has 3 rings (SSSR count). The van der Waals surface area contributed by atoms with E-state index in [1.54, 1.807) is 13.8 Å². The van der Waals surface area contributed by atoms with Crippen molar-refractivity contribution >= 4 is 23.3 Å². The Kier molecular flexibility index (Phi) is 4.35. The van der Waals surface area contributed by atoms with Gasteiger partial charge < -0.3 is 4.98 Å². The zero-order chi connectivity index (χ0) is 18.1. The number of fused-ring (bicyclic) bond motifs is 1. The maximum absolute atomic E-state index is 13.2. The summed E-state index contributed by atoms with van der Waals surface area (Å²) in [6, 6.07) is 3.13. The number of aryl methyl sites for hydroxylation is 1. The lowest BCUT2D eigenvalue weighted by Crippen LogP contribution is -2.39. The van der Waals surface area contributed by atoms with Crippen molar-refractivity contribution in [3.05, 3.63) is 62.1 Å². The summed E-state index contributed by atoms with van der Waals surface area (Å²) >= 11 is 0. The Balaban J connectivity index is 2.13. The van der Waals surface area contributed by atoms with Gasteiger partial charge in [0.1, 0.15) is 23.0 Å². The molecule has 8 heteroatoms. The van der Waals surface area contributed by atoms with Crippen molar-refractivity contribution in [3.8, 4) is 0 Å². The molecule has 0 spiro atoms. The van der Waals surface area contributed by atoms with Gasteiger partial charge in [-0.1, -0.05) is 6.08 Å². The van der Waals surface area contributed by atoms with Crippen LogP contribution in [0.5, 0.6) is 0 Å². The van der Waals surface area contributed by atoms with E-state index in [0.29, 0.717) is 17.9 Å². The highest BCUT2D eigenvalue weighted by molar-refractivity contribution is 5.75. The Morgan fingerprint density at radius 3 is 2.28 bits per heavy atom. The van der Waals surface area contributed by atoms with E-state index in [1.807, 2.05) is 0 Å². The van der Waals surface area contributed by atoms with Crippen LogP contribution in [0.1, 0.15) is 25.2 Å². The maximum atomic E-state index is 13.2. The summed E-state index contributed by atoms with van der Waals surface area (Å²) in [4.78, 5) is 31.8. The minimum atomic E-state index is -0.685. The molecule has 1 N–H and O–H groups in total. The molecule has 0 aliphatic heterocycles. The average Bonchev–Trinajstić information content (AvgIpc) is 2.97. The first-order valence-corrected chi connectivity index (χ1v) is 7.82. The molecular formula is C17H16F2N4O2. The lowest BCUT2D eigenvalue weighted by atomic mass is 10.2. The summed E-state index contributed by atoms with van der Waals surface area (Å²) in [5.41, 5.74) is -0.0784. The smallest absolute Gasteiger partial charge is 0.332 e. The van der Waals surface area contributed by atoms with Gasteiger partial charge in [0.25, 0.3) is 5.56 Å². The second-order valence-electron chi connectivity index (χ2n) is 5.43. The minimum absolute atomic E-state index is 0.216. The van der Waals surface area contributed by atoms with E-state index < -0.39 is 22.9 Å². The first kappa shape index (κ1) is 16.8. The van der Waals surface area contributed by atoms with Crippen LogP contribution in [0.15, 0.2) is 27.8 Å². The molecule has 6 nitrogen and oxygen atoms in total. The van der Waals surface area contributed by atoms with Crippen LogP contribution in [0.4, 0.5) is 8.78 Å². The summed E-state index contributed by atoms with van der Waals surface area (Å²) in [5, 5.41) is 0. The van der Waals surface area contributed by atoms with Crippen LogP contribution in [0, 0.1) is 11.6 Å². The van der Waals surface area contributed by atoms with Crippen LogP contribution in [0.25, 0.3) is 23.3 Å². The molecule has 0 atom stereocenters. The Labute approximate surface area is 141 Å². The van der Waals surface area contributed by atoms with Crippen LogP contribution in [-0.2, 0) is 13.1 Å². The van der Waals surface area contributed by atoms with E-state index in [9.17, 15) is 18.4 Å². The fourth-order valence-electron chi connectivity index (χ4n) is 2.67. The van der Waals surface area contributed by atoms with E-state index in [1.165, 1.54) is 28.9 Å². The zero-order valence-electron chi connectivity index (χ0n) is 13.7.